The van der Waals surface area contributed by atoms with Crippen molar-refractivity contribution in [3.05, 3.63) is 48.3 Å². The van der Waals surface area contributed by atoms with Gasteiger partial charge in [0, 0.05) is 18.0 Å². The molecule has 2 fully saturated rings. The molecule has 2 aliphatic rings. The van der Waals surface area contributed by atoms with Crippen LogP contribution in [0.25, 0.3) is 11.1 Å². The Bertz CT molecular complexity index is 772. The van der Waals surface area contributed by atoms with E-state index >= 15 is 0 Å². The summed E-state index contributed by atoms with van der Waals surface area (Å²) < 4.78 is 5.27. The van der Waals surface area contributed by atoms with Crippen LogP contribution >= 0.6 is 11.8 Å². The average Bonchev–Trinajstić information content (AvgIpc) is 3.32. The molecule has 0 bridgehead atoms. The maximum absolute atomic E-state index is 12.2. The van der Waals surface area contributed by atoms with Crippen LogP contribution in [0.1, 0.15) is 31.2 Å². The van der Waals surface area contributed by atoms with Crippen LogP contribution in [0.5, 0.6) is 5.75 Å². The molecule has 1 aromatic carbocycles. The number of carbonyl (C=O) groups is 1. The second-order valence-electron chi connectivity index (χ2n) is 6.70. The lowest BCUT2D eigenvalue weighted by Gasteiger charge is -2.36. The molecule has 0 radical (unpaired) electrons. The van der Waals surface area contributed by atoms with Gasteiger partial charge in [-0.15, -0.1) is 11.8 Å². The number of ether oxygens (including phenoxy) is 1. The highest BCUT2D eigenvalue weighted by atomic mass is 32.2. The number of amides is 1. The van der Waals surface area contributed by atoms with Gasteiger partial charge in [-0.2, -0.15) is 0 Å². The first kappa shape index (κ1) is 16.5. The monoisotopic (exact) mass is 354 g/mol. The fraction of sp³-hybridized carbons (Fsp3) is 0.400. The van der Waals surface area contributed by atoms with Crippen LogP contribution in [-0.4, -0.2) is 23.8 Å². The van der Waals surface area contributed by atoms with E-state index in [-0.39, 0.29) is 10.8 Å². The van der Waals surface area contributed by atoms with Crippen molar-refractivity contribution in [3.63, 3.8) is 0 Å². The van der Waals surface area contributed by atoms with E-state index in [0.29, 0.717) is 11.7 Å². The predicted molar refractivity (Wildman–Crippen MR) is 100 cm³/mol. The third-order valence-electron chi connectivity index (χ3n) is 5.31. The molecule has 25 heavy (non-hydrogen) atoms. The van der Waals surface area contributed by atoms with Gasteiger partial charge in [0.1, 0.15) is 10.6 Å². The van der Waals surface area contributed by atoms with E-state index in [0.717, 1.165) is 29.7 Å². The summed E-state index contributed by atoms with van der Waals surface area (Å²) in [6.07, 6.45) is 8.57. The Labute approximate surface area is 152 Å². The topological polar surface area (TPSA) is 51.2 Å². The number of nitrogens with zero attached hydrogens (tertiary/aromatic N) is 1. The standard InChI is InChI=1S/C20H22N2O2S/c1-24-16-8-6-14(7-9-16)17-12-21-11-10-18(17)20(15-4-2-3-5-15)22-19(23)13-25-20/h6-12,15H,2-5,13H2,1H3,(H,22,23). The highest BCUT2D eigenvalue weighted by molar-refractivity contribution is 8.01. The maximum atomic E-state index is 12.2. The molecule has 1 aliphatic heterocycles. The Balaban J connectivity index is 1.81. The van der Waals surface area contributed by atoms with Crippen LogP contribution in [-0.2, 0) is 9.67 Å². The third kappa shape index (κ3) is 2.91. The van der Waals surface area contributed by atoms with Crippen LogP contribution in [0.2, 0.25) is 0 Å². The van der Waals surface area contributed by atoms with Crippen molar-refractivity contribution in [3.8, 4) is 16.9 Å². The molecule has 130 valence electrons. The number of carbonyl (C=O) groups excluding carboxylic acids is 1. The van der Waals surface area contributed by atoms with Gasteiger partial charge in [0.25, 0.3) is 0 Å². The highest BCUT2D eigenvalue weighted by Gasteiger charge is 2.48. The summed E-state index contributed by atoms with van der Waals surface area (Å²) in [5.74, 6) is 1.97. The molecule has 1 aromatic heterocycles. The maximum Gasteiger partial charge on any atom is 0.231 e. The van der Waals surface area contributed by atoms with Crippen molar-refractivity contribution in [2.75, 3.05) is 12.9 Å². The Morgan fingerprint density at radius 3 is 2.60 bits per heavy atom. The Kier molecular flexibility index (Phi) is 4.42. The van der Waals surface area contributed by atoms with E-state index in [9.17, 15) is 4.79 Å². The summed E-state index contributed by atoms with van der Waals surface area (Å²) in [6.45, 7) is 0. The molecular formula is C20H22N2O2S. The first-order valence-corrected chi connectivity index (χ1v) is 9.75. The van der Waals surface area contributed by atoms with E-state index in [1.54, 1.807) is 18.9 Å². The fourth-order valence-corrected chi connectivity index (χ4v) is 5.52. The lowest BCUT2D eigenvalue weighted by atomic mass is 9.86. The van der Waals surface area contributed by atoms with E-state index in [4.69, 9.17) is 4.74 Å². The van der Waals surface area contributed by atoms with E-state index in [1.807, 2.05) is 24.5 Å². The van der Waals surface area contributed by atoms with Crippen molar-refractivity contribution < 1.29 is 9.53 Å². The van der Waals surface area contributed by atoms with Gasteiger partial charge in [-0.05, 0) is 48.1 Å². The number of nitrogens with one attached hydrogen (secondary N) is 1. The smallest absolute Gasteiger partial charge is 0.231 e. The number of methoxy groups -OCH3 is 1. The summed E-state index contributed by atoms with van der Waals surface area (Å²) in [5, 5.41) is 3.33. The van der Waals surface area contributed by atoms with Gasteiger partial charge in [-0.3, -0.25) is 9.78 Å². The highest BCUT2D eigenvalue weighted by Crippen LogP contribution is 2.52. The van der Waals surface area contributed by atoms with Crippen molar-refractivity contribution in [1.82, 2.24) is 10.3 Å². The molecule has 4 rings (SSSR count). The number of hydrogen-bond donors (Lipinski definition) is 1. The second-order valence-corrected chi connectivity index (χ2v) is 7.92. The number of rotatable bonds is 4. The van der Waals surface area contributed by atoms with Crippen LogP contribution < -0.4 is 10.1 Å². The zero-order valence-electron chi connectivity index (χ0n) is 14.3. The Hall–Kier alpha value is -2.01. The zero-order valence-corrected chi connectivity index (χ0v) is 15.1. The molecule has 4 nitrogen and oxygen atoms in total. The lowest BCUT2D eigenvalue weighted by molar-refractivity contribution is -0.119. The lowest BCUT2D eigenvalue weighted by Crippen LogP contribution is -2.43. The molecule has 1 aliphatic carbocycles. The first-order chi connectivity index (χ1) is 12.2. The predicted octanol–water partition coefficient (Wildman–Crippen LogP) is 3.96. The van der Waals surface area contributed by atoms with Crippen molar-refractivity contribution >= 4 is 17.7 Å². The number of hydrogen-bond acceptors (Lipinski definition) is 4. The number of thioether (sulfide) groups is 1. The van der Waals surface area contributed by atoms with Crippen LogP contribution in [0.4, 0.5) is 0 Å². The zero-order chi connectivity index (χ0) is 17.3. The molecule has 0 spiro atoms. The summed E-state index contributed by atoms with van der Waals surface area (Å²) >= 11 is 1.75. The van der Waals surface area contributed by atoms with E-state index in [1.165, 1.54) is 18.4 Å². The summed E-state index contributed by atoms with van der Waals surface area (Å²) in [7, 11) is 1.67. The summed E-state index contributed by atoms with van der Waals surface area (Å²) in [4.78, 5) is 16.2. The molecular weight excluding hydrogens is 332 g/mol. The van der Waals surface area contributed by atoms with Crippen LogP contribution in [0, 0.1) is 5.92 Å². The van der Waals surface area contributed by atoms with Crippen LogP contribution in [0.15, 0.2) is 42.7 Å². The summed E-state index contributed by atoms with van der Waals surface area (Å²) in [6, 6.07) is 10.1. The van der Waals surface area contributed by atoms with Crippen molar-refractivity contribution in [1.29, 1.82) is 0 Å². The normalized spacial score (nSPS) is 23.6. The minimum absolute atomic E-state index is 0.134. The number of pyridine rings is 1. The van der Waals surface area contributed by atoms with E-state index < -0.39 is 0 Å². The van der Waals surface area contributed by atoms with Gasteiger partial charge in [0.2, 0.25) is 5.91 Å². The van der Waals surface area contributed by atoms with Gasteiger partial charge < -0.3 is 10.1 Å². The van der Waals surface area contributed by atoms with Crippen molar-refractivity contribution in [2.24, 2.45) is 5.92 Å². The largest absolute Gasteiger partial charge is 0.497 e. The molecule has 1 saturated heterocycles. The average molecular weight is 354 g/mol. The molecule has 2 aromatic rings. The first-order valence-electron chi connectivity index (χ1n) is 8.77. The molecule has 1 unspecified atom stereocenters. The Morgan fingerprint density at radius 1 is 1.20 bits per heavy atom. The van der Waals surface area contributed by atoms with Gasteiger partial charge in [0.15, 0.2) is 0 Å². The third-order valence-corrected chi connectivity index (χ3v) is 6.83. The SMILES string of the molecule is COc1ccc(-c2cnccc2C2(C3CCCC3)NC(=O)CS2)cc1. The molecule has 1 N–H and O–H groups in total. The van der Waals surface area contributed by atoms with E-state index in [2.05, 4.69) is 28.5 Å². The number of aromatic nitrogens is 1. The fourth-order valence-electron chi connectivity index (χ4n) is 4.09. The molecule has 2 heterocycles. The minimum Gasteiger partial charge on any atom is -0.497 e. The minimum atomic E-state index is -0.328. The van der Waals surface area contributed by atoms with Gasteiger partial charge in [-0.1, -0.05) is 25.0 Å². The van der Waals surface area contributed by atoms with Crippen LogP contribution in [0.3, 0.4) is 0 Å². The molecule has 1 atom stereocenters. The molecule has 1 saturated carbocycles. The van der Waals surface area contributed by atoms with Gasteiger partial charge >= 0.3 is 0 Å². The quantitative estimate of drug-likeness (QED) is 0.903. The van der Waals surface area contributed by atoms with Gasteiger partial charge in [0.05, 0.1) is 12.9 Å². The molecule has 5 heteroatoms. The molecule has 1 amide bonds. The second kappa shape index (κ2) is 6.71. The number of benzene rings is 1. The van der Waals surface area contributed by atoms with Gasteiger partial charge in [-0.25, -0.2) is 0 Å². The summed E-state index contributed by atoms with van der Waals surface area (Å²) in [5.41, 5.74) is 3.37. The Morgan fingerprint density at radius 2 is 1.96 bits per heavy atom. The van der Waals surface area contributed by atoms with Crippen molar-refractivity contribution in [2.45, 2.75) is 30.6 Å².